The number of hydrogen-bond acceptors (Lipinski definition) is 6. The number of aliphatic hydroxyl groups excluding tert-OH is 5. The molecule has 0 saturated carbocycles. The standard InChI is InChI=1S/C10H23NO5/c12-5-3-11(4-6-13)9(7-14)1-2-10(16)8-15/h9-10,12-16H,1-8H2. The van der Waals surface area contributed by atoms with Crippen molar-refractivity contribution in [2.45, 2.75) is 25.0 Å². The molecule has 0 aromatic heterocycles. The lowest BCUT2D eigenvalue weighted by Gasteiger charge is -2.29. The third kappa shape index (κ3) is 6.37. The average Bonchev–Trinajstić information content (AvgIpc) is 2.30. The summed E-state index contributed by atoms with van der Waals surface area (Å²) >= 11 is 0. The van der Waals surface area contributed by atoms with Crippen molar-refractivity contribution in [1.82, 2.24) is 4.90 Å². The number of nitrogens with zero attached hydrogens (tertiary/aromatic N) is 1. The van der Waals surface area contributed by atoms with Crippen LogP contribution in [0.2, 0.25) is 0 Å². The largest absolute Gasteiger partial charge is 0.395 e. The summed E-state index contributed by atoms with van der Waals surface area (Å²) in [6.45, 7) is 0.274. The summed E-state index contributed by atoms with van der Waals surface area (Å²) in [5.41, 5.74) is 0. The first-order chi connectivity index (χ1) is 7.69. The van der Waals surface area contributed by atoms with E-state index in [0.717, 1.165) is 0 Å². The van der Waals surface area contributed by atoms with Crippen molar-refractivity contribution in [2.75, 3.05) is 39.5 Å². The molecule has 0 radical (unpaired) electrons. The van der Waals surface area contributed by atoms with Crippen LogP contribution in [0.1, 0.15) is 12.8 Å². The quantitative estimate of drug-likeness (QED) is 0.294. The minimum atomic E-state index is -0.779. The molecular weight excluding hydrogens is 214 g/mol. The Morgan fingerprint density at radius 2 is 1.38 bits per heavy atom. The minimum Gasteiger partial charge on any atom is -0.395 e. The Bertz CT molecular complexity index is 152. The Morgan fingerprint density at radius 1 is 0.812 bits per heavy atom. The molecule has 0 aliphatic heterocycles. The third-order valence-electron chi connectivity index (χ3n) is 2.55. The molecule has 0 aromatic rings. The van der Waals surface area contributed by atoms with Gasteiger partial charge in [0.05, 0.1) is 32.5 Å². The van der Waals surface area contributed by atoms with E-state index in [1.165, 1.54) is 0 Å². The fraction of sp³-hybridized carbons (Fsp3) is 1.00. The molecule has 0 amide bonds. The Hall–Kier alpha value is -0.240. The van der Waals surface area contributed by atoms with E-state index >= 15 is 0 Å². The van der Waals surface area contributed by atoms with Crippen molar-refractivity contribution in [3.05, 3.63) is 0 Å². The van der Waals surface area contributed by atoms with Gasteiger partial charge in [0.25, 0.3) is 0 Å². The van der Waals surface area contributed by atoms with Gasteiger partial charge in [-0.25, -0.2) is 0 Å². The molecule has 0 bridgehead atoms. The van der Waals surface area contributed by atoms with Crippen LogP contribution < -0.4 is 0 Å². The van der Waals surface area contributed by atoms with Crippen molar-refractivity contribution < 1.29 is 25.5 Å². The van der Waals surface area contributed by atoms with E-state index in [2.05, 4.69) is 0 Å². The van der Waals surface area contributed by atoms with Gasteiger partial charge in [-0.05, 0) is 12.8 Å². The third-order valence-corrected chi connectivity index (χ3v) is 2.55. The summed E-state index contributed by atoms with van der Waals surface area (Å²) in [5, 5.41) is 44.7. The lowest BCUT2D eigenvalue weighted by atomic mass is 10.1. The van der Waals surface area contributed by atoms with Crippen molar-refractivity contribution in [3.63, 3.8) is 0 Å². The molecule has 5 N–H and O–H groups in total. The highest BCUT2D eigenvalue weighted by Crippen LogP contribution is 2.08. The fourth-order valence-corrected chi connectivity index (χ4v) is 1.60. The van der Waals surface area contributed by atoms with Crippen molar-refractivity contribution in [2.24, 2.45) is 0 Å². The van der Waals surface area contributed by atoms with Crippen LogP contribution in [0.4, 0.5) is 0 Å². The van der Waals surface area contributed by atoms with E-state index in [4.69, 9.17) is 15.3 Å². The summed E-state index contributed by atoms with van der Waals surface area (Å²) in [7, 11) is 0. The van der Waals surface area contributed by atoms with Gasteiger partial charge < -0.3 is 25.5 Å². The zero-order chi connectivity index (χ0) is 12.4. The molecule has 0 rings (SSSR count). The van der Waals surface area contributed by atoms with E-state index < -0.39 is 6.10 Å². The zero-order valence-electron chi connectivity index (χ0n) is 9.49. The molecule has 98 valence electrons. The summed E-state index contributed by atoms with van der Waals surface area (Å²) in [5.74, 6) is 0. The number of rotatable bonds is 10. The number of aliphatic hydroxyl groups is 5. The molecule has 2 unspecified atom stereocenters. The Labute approximate surface area is 95.8 Å². The zero-order valence-corrected chi connectivity index (χ0v) is 9.49. The van der Waals surface area contributed by atoms with E-state index in [9.17, 15) is 10.2 Å². The van der Waals surface area contributed by atoms with Gasteiger partial charge in [0.2, 0.25) is 0 Å². The maximum absolute atomic E-state index is 9.19. The molecular formula is C10H23NO5. The lowest BCUT2D eigenvalue weighted by Crippen LogP contribution is -2.42. The first kappa shape index (κ1) is 15.8. The smallest absolute Gasteiger partial charge is 0.0771 e. The maximum Gasteiger partial charge on any atom is 0.0771 e. The summed E-state index contributed by atoms with van der Waals surface area (Å²) in [4.78, 5) is 1.77. The van der Waals surface area contributed by atoms with Crippen LogP contribution in [0.3, 0.4) is 0 Å². The summed E-state index contributed by atoms with van der Waals surface area (Å²) in [6.07, 6.45) is 0.118. The van der Waals surface area contributed by atoms with Crippen LogP contribution in [0, 0.1) is 0 Å². The van der Waals surface area contributed by atoms with Gasteiger partial charge >= 0.3 is 0 Å². The van der Waals surface area contributed by atoms with E-state index in [1.54, 1.807) is 4.90 Å². The monoisotopic (exact) mass is 237 g/mol. The van der Waals surface area contributed by atoms with Crippen LogP contribution in [-0.4, -0.2) is 82.1 Å². The van der Waals surface area contributed by atoms with Gasteiger partial charge in [0, 0.05) is 19.1 Å². The van der Waals surface area contributed by atoms with Gasteiger partial charge in [-0.2, -0.15) is 0 Å². The van der Waals surface area contributed by atoms with Crippen molar-refractivity contribution >= 4 is 0 Å². The van der Waals surface area contributed by atoms with E-state index in [1.807, 2.05) is 0 Å². The summed E-state index contributed by atoms with van der Waals surface area (Å²) < 4.78 is 0. The second kappa shape index (κ2) is 9.95. The topological polar surface area (TPSA) is 104 Å². The fourth-order valence-electron chi connectivity index (χ4n) is 1.60. The molecule has 0 spiro atoms. The highest BCUT2D eigenvalue weighted by atomic mass is 16.3. The Morgan fingerprint density at radius 3 is 1.75 bits per heavy atom. The van der Waals surface area contributed by atoms with Crippen molar-refractivity contribution in [1.29, 1.82) is 0 Å². The Kier molecular flexibility index (Phi) is 9.80. The van der Waals surface area contributed by atoms with Crippen LogP contribution in [-0.2, 0) is 0 Å². The van der Waals surface area contributed by atoms with Crippen LogP contribution >= 0.6 is 0 Å². The molecule has 0 heterocycles. The van der Waals surface area contributed by atoms with Gasteiger partial charge in [-0.3, -0.25) is 4.90 Å². The van der Waals surface area contributed by atoms with Crippen LogP contribution in [0.15, 0.2) is 0 Å². The second-order valence-electron chi connectivity index (χ2n) is 3.73. The van der Waals surface area contributed by atoms with Crippen LogP contribution in [0.5, 0.6) is 0 Å². The second-order valence-corrected chi connectivity index (χ2v) is 3.73. The van der Waals surface area contributed by atoms with Gasteiger partial charge in [0.15, 0.2) is 0 Å². The molecule has 0 aliphatic carbocycles. The van der Waals surface area contributed by atoms with Gasteiger partial charge in [0.1, 0.15) is 0 Å². The SMILES string of the molecule is OCCN(CCO)C(CO)CCC(O)CO. The molecule has 2 atom stereocenters. The van der Waals surface area contributed by atoms with Gasteiger partial charge in [-0.15, -0.1) is 0 Å². The first-order valence-corrected chi connectivity index (χ1v) is 5.55. The molecule has 0 aliphatic rings. The lowest BCUT2D eigenvalue weighted by molar-refractivity contribution is 0.0513. The van der Waals surface area contributed by atoms with Crippen LogP contribution in [0.25, 0.3) is 0 Å². The average molecular weight is 237 g/mol. The maximum atomic E-state index is 9.19. The predicted octanol–water partition coefficient (Wildman–Crippen LogP) is -2.23. The van der Waals surface area contributed by atoms with E-state index in [-0.39, 0.29) is 32.5 Å². The van der Waals surface area contributed by atoms with Gasteiger partial charge in [-0.1, -0.05) is 0 Å². The molecule has 16 heavy (non-hydrogen) atoms. The van der Waals surface area contributed by atoms with E-state index in [0.29, 0.717) is 25.9 Å². The Balaban J connectivity index is 4.08. The highest BCUT2D eigenvalue weighted by Gasteiger charge is 2.17. The molecule has 6 heteroatoms. The normalized spacial score (nSPS) is 15.4. The molecule has 6 nitrogen and oxygen atoms in total. The number of hydrogen-bond donors (Lipinski definition) is 5. The first-order valence-electron chi connectivity index (χ1n) is 5.55. The highest BCUT2D eigenvalue weighted by molar-refractivity contribution is 4.72. The molecule has 0 fully saturated rings. The molecule has 0 saturated heterocycles. The summed E-state index contributed by atoms with van der Waals surface area (Å²) in [6, 6.07) is -0.208. The molecule has 0 aromatic carbocycles. The predicted molar refractivity (Wildman–Crippen MR) is 58.9 cm³/mol. The minimum absolute atomic E-state index is 0.0426. The van der Waals surface area contributed by atoms with Crippen molar-refractivity contribution in [3.8, 4) is 0 Å².